The zero-order chi connectivity index (χ0) is 9.97. The highest BCUT2D eigenvalue weighted by molar-refractivity contribution is 5.38. The number of fused-ring (bicyclic) bond motifs is 1. The quantitative estimate of drug-likeness (QED) is 0.708. The third-order valence-corrected chi connectivity index (χ3v) is 3.03. The highest BCUT2D eigenvalue weighted by Gasteiger charge is 2.20. The summed E-state index contributed by atoms with van der Waals surface area (Å²) in [6.07, 6.45) is 6.59. The van der Waals surface area contributed by atoms with Gasteiger partial charge in [-0.25, -0.2) is 0 Å². The summed E-state index contributed by atoms with van der Waals surface area (Å²) in [4.78, 5) is 0. The Morgan fingerprint density at radius 3 is 3.00 bits per heavy atom. The van der Waals surface area contributed by atoms with Crippen LogP contribution in [0.15, 0.2) is 36.4 Å². The second kappa shape index (κ2) is 3.97. The Hall–Kier alpha value is -1.08. The van der Waals surface area contributed by atoms with Crippen LogP contribution in [0.2, 0.25) is 0 Å². The first kappa shape index (κ1) is 9.47. The van der Waals surface area contributed by atoms with Gasteiger partial charge < -0.3 is 5.73 Å². The van der Waals surface area contributed by atoms with Crippen molar-refractivity contribution in [1.82, 2.24) is 0 Å². The molecule has 0 saturated heterocycles. The number of hydrogen-bond donors (Lipinski definition) is 1. The molecule has 1 aromatic carbocycles. The molecule has 0 bridgehead atoms. The molecule has 0 fully saturated rings. The molecule has 1 aliphatic carbocycles. The summed E-state index contributed by atoms with van der Waals surface area (Å²) in [5, 5.41) is 0. The highest BCUT2D eigenvalue weighted by atomic mass is 14.6. The van der Waals surface area contributed by atoms with Crippen molar-refractivity contribution in [3.63, 3.8) is 0 Å². The van der Waals surface area contributed by atoms with Gasteiger partial charge in [-0.1, -0.05) is 43.3 Å². The molecule has 1 nitrogen and oxygen atoms in total. The summed E-state index contributed by atoms with van der Waals surface area (Å²) in [6.45, 7) is 2.15. The number of hydrogen-bond acceptors (Lipinski definition) is 1. The lowest BCUT2D eigenvalue weighted by Crippen LogP contribution is -2.28. The average Bonchev–Trinajstić information content (AvgIpc) is 2.27. The number of allylic oxidation sites excluding steroid dienone is 1. The van der Waals surface area contributed by atoms with Gasteiger partial charge in [-0.05, 0) is 24.0 Å². The van der Waals surface area contributed by atoms with Gasteiger partial charge in [-0.2, -0.15) is 0 Å². The molecule has 74 valence electrons. The van der Waals surface area contributed by atoms with Gasteiger partial charge in [0.1, 0.15) is 0 Å². The first-order valence-corrected chi connectivity index (χ1v) is 5.33. The van der Waals surface area contributed by atoms with Crippen molar-refractivity contribution >= 4 is 0 Å². The molecule has 0 amide bonds. The molecule has 1 heteroatoms. The Morgan fingerprint density at radius 1 is 1.43 bits per heavy atom. The molecule has 0 radical (unpaired) electrons. The third kappa shape index (κ3) is 1.60. The molecule has 0 aromatic heterocycles. The van der Waals surface area contributed by atoms with Gasteiger partial charge in [0.25, 0.3) is 0 Å². The fourth-order valence-electron chi connectivity index (χ4n) is 2.12. The Balaban J connectivity index is 2.35. The summed E-state index contributed by atoms with van der Waals surface area (Å²) in [6, 6.07) is 8.88. The molecule has 1 aromatic rings. The molecule has 1 aliphatic rings. The van der Waals surface area contributed by atoms with E-state index in [1.807, 2.05) is 0 Å². The van der Waals surface area contributed by atoms with E-state index in [4.69, 9.17) is 5.73 Å². The zero-order valence-corrected chi connectivity index (χ0v) is 8.61. The molecular formula is C13H17N. The average molecular weight is 187 g/mol. The third-order valence-electron chi connectivity index (χ3n) is 3.03. The normalized spacial score (nSPS) is 21.7. The van der Waals surface area contributed by atoms with Crippen molar-refractivity contribution < 1.29 is 0 Å². The first-order valence-electron chi connectivity index (χ1n) is 5.33. The van der Waals surface area contributed by atoms with Crippen LogP contribution in [0.4, 0.5) is 0 Å². The Morgan fingerprint density at radius 2 is 2.21 bits per heavy atom. The molecule has 2 rings (SSSR count). The maximum atomic E-state index is 6.11. The van der Waals surface area contributed by atoms with E-state index < -0.39 is 0 Å². The number of benzene rings is 1. The van der Waals surface area contributed by atoms with E-state index in [1.54, 1.807) is 0 Å². The van der Waals surface area contributed by atoms with Crippen LogP contribution in [-0.2, 0) is 6.42 Å². The lowest BCUT2D eigenvalue weighted by molar-refractivity contribution is 0.581. The molecule has 0 saturated carbocycles. The topological polar surface area (TPSA) is 26.0 Å². The second-order valence-corrected chi connectivity index (χ2v) is 3.93. The van der Waals surface area contributed by atoms with E-state index >= 15 is 0 Å². The summed E-state index contributed by atoms with van der Waals surface area (Å²) < 4.78 is 0. The molecule has 0 heterocycles. The molecule has 2 atom stereocenters. The van der Waals surface area contributed by atoms with Crippen molar-refractivity contribution in [2.24, 2.45) is 5.73 Å². The maximum Gasteiger partial charge on any atom is 0.0173 e. The van der Waals surface area contributed by atoms with Crippen molar-refractivity contribution in [1.29, 1.82) is 0 Å². The predicted octanol–water partition coefficient (Wildman–Crippen LogP) is 2.62. The van der Waals surface area contributed by atoms with E-state index in [-0.39, 0.29) is 6.04 Å². The molecule has 0 aliphatic heterocycles. The predicted molar refractivity (Wildman–Crippen MR) is 60.3 cm³/mol. The minimum atomic E-state index is 0.257. The molecule has 0 spiro atoms. The Labute approximate surface area is 85.6 Å². The Bertz CT molecular complexity index is 341. The van der Waals surface area contributed by atoms with E-state index in [2.05, 4.69) is 43.3 Å². The van der Waals surface area contributed by atoms with Crippen LogP contribution < -0.4 is 5.73 Å². The Kier molecular flexibility index (Phi) is 2.69. The second-order valence-electron chi connectivity index (χ2n) is 3.93. The summed E-state index contributed by atoms with van der Waals surface area (Å²) in [7, 11) is 0. The van der Waals surface area contributed by atoms with Crippen molar-refractivity contribution in [3.8, 4) is 0 Å². The zero-order valence-electron chi connectivity index (χ0n) is 8.61. The standard InChI is InChI=1S/C13H17N/c1-2-13(14)12-9-5-7-10-6-3-4-8-11(10)12/h3-6,8-9,12-13H,2,7,14H2,1H3. The van der Waals surface area contributed by atoms with Crippen LogP contribution in [0.1, 0.15) is 30.4 Å². The van der Waals surface area contributed by atoms with E-state index in [9.17, 15) is 0 Å². The lowest BCUT2D eigenvalue weighted by atomic mass is 9.83. The van der Waals surface area contributed by atoms with Gasteiger partial charge in [0.2, 0.25) is 0 Å². The minimum absolute atomic E-state index is 0.257. The molecule has 14 heavy (non-hydrogen) atoms. The van der Waals surface area contributed by atoms with Crippen LogP contribution in [0.3, 0.4) is 0 Å². The summed E-state index contributed by atoms with van der Waals surface area (Å²) in [5.74, 6) is 0.421. The largest absolute Gasteiger partial charge is 0.327 e. The van der Waals surface area contributed by atoms with Gasteiger partial charge in [-0.15, -0.1) is 0 Å². The van der Waals surface area contributed by atoms with Gasteiger partial charge >= 0.3 is 0 Å². The molecular weight excluding hydrogens is 170 g/mol. The van der Waals surface area contributed by atoms with Gasteiger partial charge in [-0.3, -0.25) is 0 Å². The first-order chi connectivity index (χ1) is 6.83. The van der Waals surface area contributed by atoms with Crippen LogP contribution in [-0.4, -0.2) is 6.04 Å². The fourth-order valence-corrected chi connectivity index (χ4v) is 2.12. The van der Waals surface area contributed by atoms with E-state index in [1.165, 1.54) is 11.1 Å². The van der Waals surface area contributed by atoms with Crippen LogP contribution in [0.5, 0.6) is 0 Å². The van der Waals surface area contributed by atoms with Crippen LogP contribution in [0.25, 0.3) is 0 Å². The monoisotopic (exact) mass is 187 g/mol. The van der Waals surface area contributed by atoms with E-state index in [0.717, 1.165) is 12.8 Å². The summed E-state index contributed by atoms with van der Waals surface area (Å²) >= 11 is 0. The van der Waals surface area contributed by atoms with Crippen molar-refractivity contribution in [2.45, 2.75) is 31.7 Å². The van der Waals surface area contributed by atoms with Gasteiger partial charge in [0.05, 0.1) is 0 Å². The summed E-state index contributed by atoms with van der Waals surface area (Å²) in [5.41, 5.74) is 8.97. The van der Waals surface area contributed by atoms with E-state index in [0.29, 0.717) is 5.92 Å². The minimum Gasteiger partial charge on any atom is -0.327 e. The maximum absolute atomic E-state index is 6.11. The van der Waals surface area contributed by atoms with Crippen LogP contribution in [0, 0.1) is 0 Å². The molecule has 2 N–H and O–H groups in total. The number of rotatable bonds is 2. The molecule has 2 unspecified atom stereocenters. The van der Waals surface area contributed by atoms with Crippen LogP contribution >= 0.6 is 0 Å². The smallest absolute Gasteiger partial charge is 0.0173 e. The van der Waals surface area contributed by atoms with Crippen molar-refractivity contribution in [3.05, 3.63) is 47.5 Å². The van der Waals surface area contributed by atoms with Crippen molar-refractivity contribution in [2.75, 3.05) is 0 Å². The lowest BCUT2D eigenvalue weighted by Gasteiger charge is -2.25. The fraction of sp³-hybridized carbons (Fsp3) is 0.385. The van der Waals surface area contributed by atoms with Gasteiger partial charge in [0, 0.05) is 12.0 Å². The number of nitrogens with two attached hydrogens (primary N) is 1. The highest BCUT2D eigenvalue weighted by Crippen LogP contribution is 2.29. The SMILES string of the molecule is CCC(N)C1C=CCc2ccccc21. The van der Waals surface area contributed by atoms with Gasteiger partial charge in [0.15, 0.2) is 0 Å².